The van der Waals surface area contributed by atoms with Crippen molar-refractivity contribution in [1.29, 1.82) is 0 Å². The van der Waals surface area contributed by atoms with Crippen molar-refractivity contribution in [2.75, 3.05) is 47.8 Å². The van der Waals surface area contributed by atoms with Crippen molar-refractivity contribution in [1.82, 2.24) is 0 Å². The summed E-state index contributed by atoms with van der Waals surface area (Å²) in [5.74, 6) is 0. The van der Waals surface area contributed by atoms with Crippen molar-refractivity contribution in [2.45, 2.75) is 0 Å². The van der Waals surface area contributed by atoms with Crippen LogP contribution in [0.1, 0.15) is 0 Å². The summed E-state index contributed by atoms with van der Waals surface area (Å²) in [6.45, 7) is 0.0826. The van der Waals surface area contributed by atoms with Gasteiger partial charge in [0.05, 0.1) is 0 Å². The first-order valence-electron chi connectivity index (χ1n) is 15.6. The number of hydrogen-bond acceptors (Lipinski definition) is 4. The minimum absolute atomic E-state index is 0.0826. The van der Waals surface area contributed by atoms with Gasteiger partial charge in [0.25, 0.3) is 6.71 Å². The van der Waals surface area contributed by atoms with Crippen LogP contribution in [0, 0.1) is 0 Å². The Balaban J connectivity index is 1.51. The number of rotatable bonds is 5. The summed E-state index contributed by atoms with van der Waals surface area (Å²) in [7, 11) is 8.46. The lowest BCUT2D eigenvalue weighted by atomic mass is 9.33. The molecule has 0 unspecified atom stereocenters. The van der Waals surface area contributed by atoms with Crippen LogP contribution in [0.4, 0.5) is 45.5 Å². The predicted molar refractivity (Wildman–Crippen MR) is 195 cm³/mol. The molecule has 0 spiro atoms. The van der Waals surface area contributed by atoms with Crippen LogP contribution < -0.4 is 36.0 Å². The third-order valence-electron chi connectivity index (χ3n) is 9.20. The molecule has 0 aliphatic carbocycles. The Morgan fingerprint density at radius 1 is 0.422 bits per heavy atom. The number of nitrogens with zero attached hydrogens (tertiary/aromatic N) is 4. The molecule has 6 aromatic rings. The fourth-order valence-corrected chi connectivity index (χ4v) is 7.06. The molecule has 0 atom stereocenters. The molecule has 0 bridgehead atoms. The Morgan fingerprint density at radius 3 is 1.71 bits per heavy atom. The lowest BCUT2D eigenvalue weighted by Crippen LogP contribution is -2.61. The molecule has 4 nitrogen and oxygen atoms in total. The van der Waals surface area contributed by atoms with Gasteiger partial charge in [0, 0.05) is 73.7 Å². The van der Waals surface area contributed by atoms with E-state index in [9.17, 15) is 0 Å². The standard InChI is InChI=1S/C40H35BN4/c1-42(2)31-18-13-19-33(26-31)45-37-23-22-32(43(3)4)27-35(37)41-34-20-11-12-21-36(34)44(30-16-9-6-10-17-30)38-24-29(25-39(45)40(38)41)28-14-7-5-8-15-28/h5-27H,1-4H3. The van der Waals surface area contributed by atoms with E-state index in [1.54, 1.807) is 0 Å². The van der Waals surface area contributed by atoms with Crippen molar-refractivity contribution in [2.24, 2.45) is 0 Å². The topological polar surface area (TPSA) is 13.0 Å². The smallest absolute Gasteiger partial charge is 0.252 e. The second-order valence-corrected chi connectivity index (χ2v) is 12.3. The van der Waals surface area contributed by atoms with Gasteiger partial charge in [0.2, 0.25) is 0 Å². The van der Waals surface area contributed by atoms with Crippen LogP contribution in [0.3, 0.4) is 0 Å². The maximum atomic E-state index is 2.49. The van der Waals surface area contributed by atoms with Gasteiger partial charge in [0.15, 0.2) is 0 Å². The molecule has 0 fully saturated rings. The Labute approximate surface area is 266 Å². The molecule has 0 radical (unpaired) electrons. The van der Waals surface area contributed by atoms with Crippen LogP contribution in [0.2, 0.25) is 0 Å². The first kappa shape index (κ1) is 27.2. The van der Waals surface area contributed by atoms with Gasteiger partial charge in [-0.25, -0.2) is 0 Å². The van der Waals surface area contributed by atoms with E-state index in [0.29, 0.717) is 0 Å². The summed E-state index contributed by atoms with van der Waals surface area (Å²) < 4.78 is 0. The summed E-state index contributed by atoms with van der Waals surface area (Å²) in [6, 6.07) is 51.2. The van der Waals surface area contributed by atoms with Crippen LogP contribution in [0.25, 0.3) is 11.1 Å². The number of benzene rings is 6. The van der Waals surface area contributed by atoms with Crippen LogP contribution in [-0.4, -0.2) is 34.9 Å². The van der Waals surface area contributed by atoms with E-state index in [1.807, 2.05) is 0 Å². The number of anilines is 8. The fourth-order valence-electron chi connectivity index (χ4n) is 7.06. The van der Waals surface area contributed by atoms with E-state index in [-0.39, 0.29) is 6.71 Å². The molecular formula is C40H35BN4. The fraction of sp³-hybridized carbons (Fsp3) is 0.100. The first-order chi connectivity index (χ1) is 22.0. The monoisotopic (exact) mass is 582 g/mol. The van der Waals surface area contributed by atoms with Gasteiger partial charge in [-0.2, -0.15) is 0 Å². The number of hydrogen-bond donors (Lipinski definition) is 0. The number of fused-ring (bicyclic) bond motifs is 4. The van der Waals surface area contributed by atoms with Crippen molar-refractivity contribution in [3.05, 3.63) is 140 Å². The Bertz CT molecular complexity index is 2040. The van der Waals surface area contributed by atoms with Gasteiger partial charge in [-0.1, -0.05) is 72.8 Å². The van der Waals surface area contributed by atoms with E-state index in [0.717, 1.165) is 11.4 Å². The minimum Gasteiger partial charge on any atom is -0.378 e. The second kappa shape index (κ2) is 10.6. The lowest BCUT2D eigenvalue weighted by molar-refractivity contribution is 1.12. The number of para-hydroxylation sites is 2. The summed E-state index contributed by atoms with van der Waals surface area (Å²) in [5.41, 5.74) is 15.9. The molecule has 5 heteroatoms. The zero-order valence-corrected chi connectivity index (χ0v) is 26.1. The van der Waals surface area contributed by atoms with Crippen molar-refractivity contribution in [3.63, 3.8) is 0 Å². The molecule has 0 saturated carbocycles. The zero-order valence-electron chi connectivity index (χ0n) is 26.1. The molecule has 2 heterocycles. The van der Waals surface area contributed by atoms with Gasteiger partial charge >= 0.3 is 0 Å². The molecule has 0 aromatic heterocycles. The molecule has 2 aliphatic heterocycles. The average molecular weight is 583 g/mol. The predicted octanol–water partition coefficient (Wildman–Crippen LogP) is 7.57. The van der Waals surface area contributed by atoms with Crippen LogP contribution in [0.5, 0.6) is 0 Å². The molecule has 45 heavy (non-hydrogen) atoms. The molecule has 6 aromatic carbocycles. The van der Waals surface area contributed by atoms with Gasteiger partial charge in [-0.15, -0.1) is 0 Å². The van der Waals surface area contributed by atoms with Crippen LogP contribution in [-0.2, 0) is 0 Å². The summed E-state index contributed by atoms with van der Waals surface area (Å²) >= 11 is 0. The van der Waals surface area contributed by atoms with E-state index in [4.69, 9.17) is 0 Å². The molecule has 0 amide bonds. The summed E-state index contributed by atoms with van der Waals surface area (Å²) in [4.78, 5) is 9.33. The highest BCUT2D eigenvalue weighted by Crippen LogP contribution is 2.46. The van der Waals surface area contributed by atoms with Gasteiger partial charge in [-0.3, -0.25) is 0 Å². The molecule has 8 rings (SSSR count). The highest BCUT2D eigenvalue weighted by Gasteiger charge is 2.43. The van der Waals surface area contributed by atoms with Gasteiger partial charge in [-0.05, 0) is 94.2 Å². The Morgan fingerprint density at radius 2 is 1.00 bits per heavy atom. The average Bonchev–Trinajstić information content (AvgIpc) is 3.08. The van der Waals surface area contributed by atoms with E-state index < -0.39 is 0 Å². The Hall–Kier alpha value is -5.42. The normalized spacial score (nSPS) is 12.8. The molecule has 0 N–H and O–H groups in total. The molecular weight excluding hydrogens is 547 g/mol. The Kier molecular flexibility index (Phi) is 6.42. The molecule has 218 valence electrons. The largest absolute Gasteiger partial charge is 0.378 e. The van der Waals surface area contributed by atoms with Crippen molar-refractivity contribution in [3.8, 4) is 11.1 Å². The quantitative estimate of drug-likeness (QED) is 0.194. The third kappa shape index (κ3) is 4.38. The second-order valence-electron chi connectivity index (χ2n) is 12.3. The summed E-state index contributed by atoms with van der Waals surface area (Å²) in [5, 5.41) is 0. The van der Waals surface area contributed by atoms with Gasteiger partial charge in [0.1, 0.15) is 0 Å². The van der Waals surface area contributed by atoms with E-state index >= 15 is 0 Å². The van der Waals surface area contributed by atoms with Crippen LogP contribution >= 0.6 is 0 Å². The van der Waals surface area contributed by atoms with Crippen molar-refractivity contribution < 1.29 is 0 Å². The zero-order chi connectivity index (χ0) is 30.7. The van der Waals surface area contributed by atoms with Crippen LogP contribution in [0.15, 0.2) is 140 Å². The lowest BCUT2D eigenvalue weighted by Gasteiger charge is -2.44. The first-order valence-corrected chi connectivity index (χ1v) is 15.6. The SMILES string of the molecule is CN(C)c1cccc(N2c3ccc(N(C)C)cc3B3c4ccccc4N(c4ccccc4)c4cc(-c5ccccc5)cc2c43)c1. The molecule has 2 aliphatic rings. The highest BCUT2D eigenvalue weighted by molar-refractivity contribution is 7.00. The highest BCUT2D eigenvalue weighted by atomic mass is 15.2. The molecule has 0 saturated heterocycles. The van der Waals surface area contributed by atoms with Crippen molar-refractivity contribution >= 4 is 68.6 Å². The van der Waals surface area contributed by atoms with Gasteiger partial charge < -0.3 is 19.6 Å². The maximum absolute atomic E-state index is 2.49. The maximum Gasteiger partial charge on any atom is 0.252 e. The van der Waals surface area contributed by atoms with E-state index in [1.165, 1.54) is 61.6 Å². The third-order valence-corrected chi connectivity index (χ3v) is 9.20. The van der Waals surface area contributed by atoms with E-state index in [2.05, 4.69) is 187 Å². The summed E-state index contributed by atoms with van der Waals surface area (Å²) in [6.07, 6.45) is 0. The minimum atomic E-state index is 0.0826.